The Balaban J connectivity index is 1.78. The largest absolute Gasteiger partial charge is 0.370 e. The van der Waals surface area contributed by atoms with Gasteiger partial charge in [0.1, 0.15) is 6.54 Å². The Bertz CT molecular complexity index is 602. The monoisotopic (exact) mass is 314 g/mol. The van der Waals surface area contributed by atoms with Crippen LogP contribution in [0.15, 0.2) is 45.9 Å². The molecular weight excluding hydrogens is 288 g/mol. The van der Waals surface area contributed by atoms with Gasteiger partial charge in [0.25, 0.3) is 0 Å². The van der Waals surface area contributed by atoms with Gasteiger partial charge < -0.3 is 15.6 Å². The number of rotatable bonds is 8. The van der Waals surface area contributed by atoms with Gasteiger partial charge in [-0.2, -0.15) is 0 Å². The molecule has 2 rings (SSSR count). The van der Waals surface area contributed by atoms with Gasteiger partial charge in [0.2, 0.25) is 0 Å². The zero-order chi connectivity index (χ0) is 16.5. The summed E-state index contributed by atoms with van der Waals surface area (Å²) < 4.78 is 5.33. The van der Waals surface area contributed by atoms with Gasteiger partial charge in [0, 0.05) is 18.5 Å². The first kappa shape index (κ1) is 17.1. The Labute approximate surface area is 138 Å². The molecule has 0 aliphatic rings. The van der Waals surface area contributed by atoms with Crippen molar-refractivity contribution in [1.29, 1.82) is 0 Å². The lowest BCUT2D eigenvalue weighted by Crippen LogP contribution is -2.33. The molecule has 1 aromatic carbocycles. The number of nitrogens with zero attached hydrogens (tertiary/aromatic N) is 2. The Hall–Kier alpha value is -2.30. The standard InChI is InChI=1S/C18H26N4O/c1-3-15(4-2)17-12-16(23-22-17)13-21-18(19)20-11-10-14-8-6-5-7-9-14/h5-9,12,15H,3-4,10-11,13H2,1-2H3,(H3,19,20,21). The first-order chi connectivity index (χ1) is 11.2. The van der Waals surface area contributed by atoms with Crippen LogP contribution in [0.1, 0.15) is 49.6 Å². The second-order valence-corrected chi connectivity index (χ2v) is 5.60. The highest BCUT2D eigenvalue weighted by atomic mass is 16.5. The fraction of sp³-hybridized carbons (Fsp3) is 0.444. The number of aliphatic imine (C=N–C) groups is 1. The molecule has 0 amide bonds. The van der Waals surface area contributed by atoms with E-state index in [-0.39, 0.29) is 0 Å². The van der Waals surface area contributed by atoms with Gasteiger partial charge in [0.05, 0.1) is 5.69 Å². The fourth-order valence-corrected chi connectivity index (χ4v) is 2.50. The summed E-state index contributed by atoms with van der Waals surface area (Å²) in [5.41, 5.74) is 8.17. The number of nitrogens with one attached hydrogen (secondary N) is 1. The van der Waals surface area contributed by atoms with Gasteiger partial charge in [-0.25, -0.2) is 4.99 Å². The van der Waals surface area contributed by atoms with Crippen molar-refractivity contribution in [3.05, 3.63) is 53.4 Å². The molecule has 0 unspecified atom stereocenters. The summed E-state index contributed by atoms with van der Waals surface area (Å²) in [6.07, 6.45) is 3.04. The predicted molar refractivity (Wildman–Crippen MR) is 93.3 cm³/mol. The van der Waals surface area contributed by atoms with Gasteiger partial charge >= 0.3 is 0 Å². The Morgan fingerprint density at radius 1 is 1.26 bits per heavy atom. The minimum atomic E-state index is 0.414. The zero-order valence-corrected chi connectivity index (χ0v) is 14.0. The summed E-state index contributed by atoms with van der Waals surface area (Å²) in [5.74, 6) is 1.64. The van der Waals surface area contributed by atoms with Crippen molar-refractivity contribution in [1.82, 2.24) is 10.5 Å². The van der Waals surface area contributed by atoms with Crippen molar-refractivity contribution in [2.75, 3.05) is 6.54 Å². The van der Waals surface area contributed by atoms with Crippen LogP contribution in [-0.2, 0) is 13.0 Å². The highest BCUT2D eigenvalue weighted by Gasteiger charge is 2.12. The number of nitrogens with two attached hydrogens (primary N) is 1. The maximum absolute atomic E-state index is 5.88. The average molecular weight is 314 g/mol. The van der Waals surface area contributed by atoms with Crippen LogP contribution < -0.4 is 11.1 Å². The van der Waals surface area contributed by atoms with Crippen LogP contribution in [0, 0.1) is 0 Å². The van der Waals surface area contributed by atoms with Crippen molar-refractivity contribution in [2.24, 2.45) is 10.7 Å². The Morgan fingerprint density at radius 2 is 2.00 bits per heavy atom. The number of hydrogen-bond acceptors (Lipinski definition) is 3. The highest BCUT2D eigenvalue weighted by Crippen LogP contribution is 2.22. The van der Waals surface area contributed by atoms with Crippen LogP contribution in [0.4, 0.5) is 0 Å². The molecule has 0 spiro atoms. The summed E-state index contributed by atoms with van der Waals surface area (Å²) >= 11 is 0. The first-order valence-electron chi connectivity index (χ1n) is 8.26. The van der Waals surface area contributed by atoms with Crippen molar-refractivity contribution >= 4 is 5.96 Å². The topological polar surface area (TPSA) is 76.4 Å². The molecule has 3 N–H and O–H groups in total. The molecule has 124 valence electrons. The van der Waals surface area contributed by atoms with Crippen LogP contribution >= 0.6 is 0 Å². The lowest BCUT2D eigenvalue weighted by atomic mass is 9.99. The van der Waals surface area contributed by atoms with Crippen molar-refractivity contribution in [3.63, 3.8) is 0 Å². The van der Waals surface area contributed by atoms with E-state index in [1.54, 1.807) is 0 Å². The summed E-state index contributed by atoms with van der Waals surface area (Å²) in [4.78, 5) is 4.30. The summed E-state index contributed by atoms with van der Waals surface area (Å²) in [6, 6.07) is 12.3. The van der Waals surface area contributed by atoms with Gasteiger partial charge in [-0.3, -0.25) is 0 Å². The Kier molecular flexibility index (Phi) is 6.66. The Morgan fingerprint density at radius 3 is 2.70 bits per heavy atom. The molecule has 0 saturated heterocycles. The summed E-state index contributed by atoms with van der Waals surface area (Å²) in [5, 5.41) is 7.25. The molecule has 1 heterocycles. The molecule has 5 heteroatoms. The molecule has 0 aliphatic heterocycles. The van der Waals surface area contributed by atoms with Crippen LogP contribution in [0.3, 0.4) is 0 Å². The molecule has 0 saturated carbocycles. The maximum Gasteiger partial charge on any atom is 0.189 e. The molecule has 5 nitrogen and oxygen atoms in total. The van der Waals surface area contributed by atoms with Gasteiger partial charge in [-0.15, -0.1) is 0 Å². The van der Waals surface area contributed by atoms with Crippen molar-refractivity contribution in [3.8, 4) is 0 Å². The highest BCUT2D eigenvalue weighted by molar-refractivity contribution is 5.77. The van der Waals surface area contributed by atoms with E-state index in [2.05, 4.69) is 41.4 Å². The second-order valence-electron chi connectivity index (χ2n) is 5.60. The summed E-state index contributed by atoms with van der Waals surface area (Å²) in [6.45, 7) is 5.50. The van der Waals surface area contributed by atoms with E-state index in [1.165, 1.54) is 5.56 Å². The molecule has 23 heavy (non-hydrogen) atoms. The minimum Gasteiger partial charge on any atom is -0.370 e. The van der Waals surface area contributed by atoms with E-state index in [9.17, 15) is 0 Å². The van der Waals surface area contributed by atoms with Crippen LogP contribution in [0.25, 0.3) is 0 Å². The van der Waals surface area contributed by atoms with Gasteiger partial charge in [-0.1, -0.05) is 49.3 Å². The third-order valence-electron chi connectivity index (χ3n) is 3.95. The number of benzene rings is 1. The van der Waals surface area contributed by atoms with E-state index >= 15 is 0 Å². The molecule has 2 aromatic rings. The van der Waals surface area contributed by atoms with Gasteiger partial charge in [-0.05, 0) is 24.8 Å². The minimum absolute atomic E-state index is 0.414. The molecular formula is C18H26N4O. The van der Waals surface area contributed by atoms with Gasteiger partial charge in [0.15, 0.2) is 11.7 Å². The molecule has 0 fully saturated rings. The van der Waals surface area contributed by atoms with E-state index in [4.69, 9.17) is 10.3 Å². The van der Waals surface area contributed by atoms with E-state index in [0.29, 0.717) is 18.4 Å². The zero-order valence-electron chi connectivity index (χ0n) is 14.0. The van der Waals surface area contributed by atoms with E-state index in [1.807, 2.05) is 24.3 Å². The predicted octanol–water partition coefficient (Wildman–Crippen LogP) is 3.23. The second kappa shape index (κ2) is 8.98. The molecule has 0 aliphatic carbocycles. The summed E-state index contributed by atoms with van der Waals surface area (Å²) in [7, 11) is 0. The lowest BCUT2D eigenvalue weighted by Gasteiger charge is -2.06. The number of guanidine groups is 1. The molecule has 0 atom stereocenters. The number of aromatic nitrogens is 1. The number of hydrogen-bond donors (Lipinski definition) is 2. The quantitative estimate of drug-likeness (QED) is 0.579. The molecule has 1 aromatic heterocycles. The fourth-order valence-electron chi connectivity index (χ4n) is 2.50. The molecule has 0 bridgehead atoms. The third-order valence-corrected chi connectivity index (χ3v) is 3.95. The van der Waals surface area contributed by atoms with Crippen molar-refractivity contribution < 1.29 is 4.52 Å². The van der Waals surface area contributed by atoms with Crippen molar-refractivity contribution in [2.45, 2.75) is 45.6 Å². The average Bonchev–Trinajstić information content (AvgIpc) is 3.04. The first-order valence-corrected chi connectivity index (χ1v) is 8.26. The third kappa shape index (κ3) is 5.43. The SMILES string of the molecule is CCC(CC)c1cc(CN=C(N)NCCc2ccccc2)on1. The molecule has 0 radical (unpaired) electrons. The van der Waals surface area contributed by atoms with Crippen LogP contribution in [-0.4, -0.2) is 17.7 Å². The lowest BCUT2D eigenvalue weighted by molar-refractivity contribution is 0.372. The van der Waals surface area contributed by atoms with Crippen LogP contribution in [0.5, 0.6) is 0 Å². The smallest absolute Gasteiger partial charge is 0.189 e. The maximum atomic E-state index is 5.88. The van der Waals surface area contributed by atoms with E-state index < -0.39 is 0 Å². The van der Waals surface area contributed by atoms with Crippen LogP contribution in [0.2, 0.25) is 0 Å². The normalized spacial score (nSPS) is 11.9. The van der Waals surface area contributed by atoms with E-state index in [0.717, 1.165) is 37.3 Å².